The summed E-state index contributed by atoms with van der Waals surface area (Å²) in [6.07, 6.45) is -0.885. The number of ether oxygens (including phenoxy) is 2. The van der Waals surface area contributed by atoms with Crippen molar-refractivity contribution in [2.45, 2.75) is 17.9 Å². The van der Waals surface area contributed by atoms with Gasteiger partial charge in [0.25, 0.3) is 5.91 Å². The Labute approximate surface area is 169 Å². The summed E-state index contributed by atoms with van der Waals surface area (Å²) in [6, 6.07) is 14.7. The van der Waals surface area contributed by atoms with Crippen LogP contribution in [0.2, 0.25) is 0 Å². The first-order chi connectivity index (χ1) is 13.9. The topological polar surface area (TPSA) is 109 Å². The Balaban J connectivity index is 1.71. The minimum Gasteiger partial charge on any atom is -0.480 e. The molecule has 1 aliphatic rings. The summed E-state index contributed by atoms with van der Waals surface area (Å²) in [5.41, 5.74) is 0.666. The lowest BCUT2D eigenvalue weighted by atomic mass is 10.2. The molecule has 1 saturated heterocycles. The molecular formula is C20H21N3O5S. The smallest absolute Gasteiger partial charge is 0.265 e. The Hall–Kier alpha value is -2.93. The van der Waals surface area contributed by atoms with Gasteiger partial charge in [-0.1, -0.05) is 18.2 Å². The van der Waals surface area contributed by atoms with E-state index in [4.69, 9.17) is 14.7 Å². The number of rotatable bonds is 6. The van der Waals surface area contributed by atoms with Crippen LogP contribution in [0.25, 0.3) is 0 Å². The van der Waals surface area contributed by atoms with E-state index in [1.54, 1.807) is 43.3 Å². The lowest BCUT2D eigenvalue weighted by molar-refractivity contribution is -0.122. The van der Waals surface area contributed by atoms with Crippen molar-refractivity contribution in [1.82, 2.24) is 4.31 Å². The van der Waals surface area contributed by atoms with E-state index < -0.39 is 22.0 Å². The molecule has 0 aromatic heterocycles. The van der Waals surface area contributed by atoms with Gasteiger partial charge in [0.05, 0.1) is 23.7 Å². The SMILES string of the molecule is C[C@H](Oc1ccccc1C#N)C(=O)Nc1cccc(S(=O)(=O)N2CCOCC2)c1. The molecular weight excluding hydrogens is 394 g/mol. The number of hydrogen-bond donors (Lipinski definition) is 1. The van der Waals surface area contributed by atoms with Gasteiger partial charge >= 0.3 is 0 Å². The first kappa shape index (κ1) is 20.8. The van der Waals surface area contributed by atoms with Gasteiger partial charge < -0.3 is 14.8 Å². The number of nitriles is 1. The second-order valence-electron chi connectivity index (χ2n) is 6.40. The van der Waals surface area contributed by atoms with Gasteiger partial charge in [-0.25, -0.2) is 8.42 Å². The van der Waals surface area contributed by atoms with Crippen LogP contribution in [-0.4, -0.2) is 51.0 Å². The number of nitrogens with zero attached hydrogens (tertiary/aromatic N) is 2. The molecule has 0 bridgehead atoms. The van der Waals surface area contributed by atoms with Crippen molar-refractivity contribution in [3.8, 4) is 11.8 Å². The maximum atomic E-state index is 12.8. The first-order valence-electron chi connectivity index (χ1n) is 9.06. The van der Waals surface area contributed by atoms with E-state index in [9.17, 15) is 13.2 Å². The first-order valence-corrected chi connectivity index (χ1v) is 10.5. The van der Waals surface area contributed by atoms with E-state index in [1.807, 2.05) is 6.07 Å². The van der Waals surface area contributed by atoms with Crippen molar-refractivity contribution in [1.29, 1.82) is 5.26 Å². The van der Waals surface area contributed by atoms with Crippen LogP contribution in [0.1, 0.15) is 12.5 Å². The number of para-hydroxylation sites is 1. The van der Waals surface area contributed by atoms with E-state index in [-0.39, 0.29) is 4.90 Å². The number of hydrogen-bond acceptors (Lipinski definition) is 6. The number of morpholine rings is 1. The highest BCUT2D eigenvalue weighted by Gasteiger charge is 2.26. The summed E-state index contributed by atoms with van der Waals surface area (Å²) in [4.78, 5) is 12.6. The van der Waals surface area contributed by atoms with Gasteiger partial charge in [-0.05, 0) is 37.3 Å². The zero-order chi connectivity index (χ0) is 20.9. The van der Waals surface area contributed by atoms with Crippen LogP contribution in [0.5, 0.6) is 5.75 Å². The summed E-state index contributed by atoms with van der Waals surface area (Å²) in [6.45, 7) is 2.85. The van der Waals surface area contributed by atoms with E-state index in [0.717, 1.165) is 0 Å². The molecule has 0 aliphatic carbocycles. The van der Waals surface area contributed by atoms with E-state index in [2.05, 4.69) is 5.32 Å². The van der Waals surface area contributed by atoms with Crippen molar-refractivity contribution in [3.05, 3.63) is 54.1 Å². The average molecular weight is 415 g/mol. The maximum absolute atomic E-state index is 12.8. The Kier molecular flexibility index (Phi) is 6.49. The highest BCUT2D eigenvalue weighted by molar-refractivity contribution is 7.89. The Bertz CT molecular complexity index is 1030. The fourth-order valence-corrected chi connectivity index (χ4v) is 4.27. The molecule has 9 heteroatoms. The Morgan fingerprint density at radius 1 is 1.21 bits per heavy atom. The summed E-state index contributed by atoms with van der Waals surface area (Å²) < 4.78 is 37.7. The molecule has 29 heavy (non-hydrogen) atoms. The summed E-state index contributed by atoms with van der Waals surface area (Å²) >= 11 is 0. The van der Waals surface area contributed by atoms with Gasteiger partial charge in [-0.3, -0.25) is 4.79 Å². The fraction of sp³-hybridized carbons (Fsp3) is 0.300. The third-order valence-electron chi connectivity index (χ3n) is 4.39. The van der Waals surface area contributed by atoms with Crippen LogP contribution < -0.4 is 10.1 Å². The van der Waals surface area contributed by atoms with Crippen molar-refractivity contribution < 1.29 is 22.7 Å². The number of amides is 1. The number of carbonyl (C=O) groups is 1. The van der Waals surface area contributed by atoms with Crippen LogP contribution >= 0.6 is 0 Å². The molecule has 152 valence electrons. The molecule has 1 fully saturated rings. The molecule has 3 rings (SSSR count). The van der Waals surface area contributed by atoms with Crippen LogP contribution in [-0.2, 0) is 19.6 Å². The van der Waals surface area contributed by atoms with E-state index in [1.165, 1.54) is 16.4 Å². The maximum Gasteiger partial charge on any atom is 0.265 e. The minimum atomic E-state index is -3.66. The summed E-state index contributed by atoms with van der Waals surface area (Å²) in [5, 5.41) is 11.8. The molecule has 0 unspecified atom stereocenters. The van der Waals surface area contributed by atoms with Crippen molar-refractivity contribution in [3.63, 3.8) is 0 Å². The van der Waals surface area contributed by atoms with Gasteiger partial charge in [0.15, 0.2) is 6.10 Å². The van der Waals surface area contributed by atoms with Gasteiger partial charge in [0.1, 0.15) is 11.8 Å². The molecule has 1 atom stereocenters. The standard InChI is InChI=1S/C20H21N3O5S/c1-15(28-19-8-3-2-5-16(19)14-21)20(24)22-17-6-4-7-18(13-17)29(25,26)23-9-11-27-12-10-23/h2-8,13,15H,9-12H2,1H3,(H,22,24)/t15-/m0/s1. The van der Waals surface area contributed by atoms with E-state index in [0.29, 0.717) is 43.3 Å². The lowest BCUT2D eigenvalue weighted by Crippen LogP contribution is -2.40. The quantitative estimate of drug-likeness (QED) is 0.773. The van der Waals surface area contributed by atoms with Crippen molar-refractivity contribution >= 4 is 21.6 Å². The normalized spacial score (nSPS) is 15.9. The molecule has 1 N–H and O–H groups in total. The van der Waals surface area contributed by atoms with Crippen molar-refractivity contribution in [2.75, 3.05) is 31.6 Å². The van der Waals surface area contributed by atoms with Gasteiger partial charge in [0, 0.05) is 18.8 Å². The Morgan fingerprint density at radius 2 is 1.93 bits per heavy atom. The third-order valence-corrected chi connectivity index (χ3v) is 6.28. The van der Waals surface area contributed by atoms with Crippen molar-refractivity contribution in [2.24, 2.45) is 0 Å². The highest BCUT2D eigenvalue weighted by Crippen LogP contribution is 2.22. The largest absolute Gasteiger partial charge is 0.480 e. The molecule has 2 aromatic rings. The molecule has 8 nitrogen and oxygen atoms in total. The second kappa shape index (κ2) is 9.05. The number of nitrogens with one attached hydrogen (secondary N) is 1. The lowest BCUT2D eigenvalue weighted by Gasteiger charge is -2.26. The summed E-state index contributed by atoms with van der Waals surface area (Å²) in [7, 11) is -3.66. The predicted molar refractivity (Wildman–Crippen MR) is 106 cm³/mol. The third kappa shape index (κ3) is 4.92. The predicted octanol–water partition coefficient (Wildman–Crippen LogP) is 1.99. The fourth-order valence-electron chi connectivity index (χ4n) is 2.82. The molecule has 0 radical (unpaired) electrons. The molecule has 1 amide bonds. The van der Waals surface area contributed by atoms with Crippen LogP contribution in [0.4, 0.5) is 5.69 Å². The zero-order valence-corrected chi connectivity index (χ0v) is 16.7. The molecule has 0 saturated carbocycles. The highest BCUT2D eigenvalue weighted by atomic mass is 32.2. The van der Waals surface area contributed by atoms with Gasteiger partial charge in [-0.15, -0.1) is 0 Å². The molecule has 0 spiro atoms. The zero-order valence-electron chi connectivity index (χ0n) is 15.9. The van der Waals surface area contributed by atoms with Crippen LogP contribution in [0.3, 0.4) is 0 Å². The van der Waals surface area contributed by atoms with E-state index >= 15 is 0 Å². The Morgan fingerprint density at radius 3 is 2.66 bits per heavy atom. The molecule has 1 heterocycles. The minimum absolute atomic E-state index is 0.0978. The van der Waals surface area contributed by atoms with Crippen LogP contribution in [0.15, 0.2) is 53.4 Å². The second-order valence-corrected chi connectivity index (χ2v) is 8.34. The van der Waals surface area contributed by atoms with Gasteiger partial charge in [0.2, 0.25) is 10.0 Å². The number of carbonyl (C=O) groups excluding carboxylic acids is 1. The number of anilines is 1. The molecule has 2 aromatic carbocycles. The average Bonchev–Trinajstić information content (AvgIpc) is 2.75. The molecule has 1 aliphatic heterocycles. The summed E-state index contributed by atoms with van der Waals surface area (Å²) in [5.74, 6) is -0.153. The van der Waals surface area contributed by atoms with Gasteiger partial charge in [-0.2, -0.15) is 9.57 Å². The number of sulfonamides is 1. The monoisotopic (exact) mass is 415 g/mol. The number of benzene rings is 2. The van der Waals surface area contributed by atoms with Crippen LogP contribution in [0, 0.1) is 11.3 Å².